The fraction of sp³-hybridized carbons (Fsp3) is 0.188. The monoisotopic (exact) mass is 306 g/mol. The number of carbonyl (C=O) groups excluding carboxylic acids is 1. The lowest BCUT2D eigenvalue weighted by Crippen LogP contribution is -2.35. The molecular weight excluding hydrogens is 291 g/mol. The van der Waals surface area contributed by atoms with E-state index < -0.39 is 11.9 Å². The molecule has 0 saturated carbocycles. The van der Waals surface area contributed by atoms with Gasteiger partial charge in [-0.1, -0.05) is 35.9 Å². The van der Waals surface area contributed by atoms with E-state index in [1.54, 1.807) is 30.1 Å². The van der Waals surface area contributed by atoms with Gasteiger partial charge in [0.1, 0.15) is 11.9 Å². The Hall–Kier alpha value is -1.91. The first kappa shape index (κ1) is 15.5. The molecule has 0 aliphatic heterocycles. The van der Waals surface area contributed by atoms with Crippen molar-refractivity contribution in [3.05, 3.63) is 70.5 Å². The van der Waals surface area contributed by atoms with Crippen LogP contribution in [-0.2, 0) is 11.3 Å². The lowest BCUT2D eigenvalue weighted by Gasteiger charge is -2.26. The van der Waals surface area contributed by atoms with Crippen LogP contribution in [0.15, 0.2) is 48.5 Å². The molecule has 110 valence electrons. The predicted octanol–water partition coefficient (Wildman–Crippen LogP) is 3.14. The van der Waals surface area contributed by atoms with E-state index in [0.717, 1.165) is 5.56 Å². The lowest BCUT2D eigenvalue weighted by molar-refractivity contribution is -0.123. The Morgan fingerprint density at radius 2 is 1.95 bits per heavy atom. The minimum Gasteiger partial charge on any atom is -0.368 e. The molecule has 21 heavy (non-hydrogen) atoms. The summed E-state index contributed by atoms with van der Waals surface area (Å²) >= 11 is 5.95. The summed E-state index contributed by atoms with van der Waals surface area (Å²) < 4.78 is 13.0. The molecule has 0 spiro atoms. The molecule has 5 heteroatoms. The number of rotatable bonds is 5. The molecule has 0 aliphatic rings. The van der Waals surface area contributed by atoms with Crippen LogP contribution in [0.1, 0.15) is 17.2 Å². The van der Waals surface area contributed by atoms with Crippen molar-refractivity contribution in [2.75, 3.05) is 7.05 Å². The van der Waals surface area contributed by atoms with E-state index in [4.69, 9.17) is 17.3 Å². The molecule has 1 atom stereocenters. The number of likely N-dealkylation sites (N-methyl/N-ethyl adjacent to an activating group) is 1. The Morgan fingerprint density at radius 3 is 2.52 bits per heavy atom. The molecule has 0 saturated heterocycles. The molecule has 0 fully saturated rings. The van der Waals surface area contributed by atoms with Crippen molar-refractivity contribution < 1.29 is 9.18 Å². The summed E-state index contributed by atoms with van der Waals surface area (Å²) in [7, 11) is 1.79. The van der Waals surface area contributed by atoms with E-state index in [1.807, 2.05) is 18.2 Å². The van der Waals surface area contributed by atoms with Crippen molar-refractivity contribution in [1.82, 2.24) is 4.90 Å². The van der Waals surface area contributed by atoms with E-state index in [9.17, 15) is 9.18 Å². The third-order valence-corrected chi connectivity index (χ3v) is 3.45. The van der Waals surface area contributed by atoms with Crippen LogP contribution >= 0.6 is 11.6 Å². The van der Waals surface area contributed by atoms with Crippen molar-refractivity contribution in [2.45, 2.75) is 12.6 Å². The first-order valence-electron chi connectivity index (χ1n) is 6.47. The number of hydrogen-bond acceptors (Lipinski definition) is 2. The Balaban J connectivity index is 2.22. The van der Waals surface area contributed by atoms with Crippen LogP contribution < -0.4 is 5.73 Å². The standard InChI is InChI=1S/C16H16ClFN2O/c1-20(10-11-3-2-4-13(17)9-11)15(16(19)21)12-5-7-14(18)8-6-12/h2-9,15H,10H2,1H3,(H2,19,21). The SMILES string of the molecule is CN(Cc1cccc(Cl)c1)C(C(N)=O)c1ccc(F)cc1. The summed E-state index contributed by atoms with van der Waals surface area (Å²) in [6, 6.07) is 12.5. The second-order valence-corrected chi connectivity index (χ2v) is 5.34. The molecule has 0 heterocycles. The largest absolute Gasteiger partial charge is 0.368 e. The Morgan fingerprint density at radius 1 is 1.29 bits per heavy atom. The van der Waals surface area contributed by atoms with Gasteiger partial charge in [-0.2, -0.15) is 0 Å². The second-order valence-electron chi connectivity index (χ2n) is 4.90. The first-order valence-corrected chi connectivity index (χ1v) is 6.84. The highest BCUT2D eigenvalue weighted by atomic mass is 35.5. The quantitative estimate of drug-likeness (QED) is 0.922. The maximum Gasteiger partial charge on any atom is 0.239 e. The van der Waals surface area contributed by atoms with Crippen LogP contribution in [0.3, 0.4) is 0 Å². The minimum atomic E-state index is -0.621. The first-order chi connectivity index (χ1) is 9.97. The summed E-state index contributed by atoms with van der Waals surface area (Å²) in [5, 5.41) is 0.637. The number of hydrogen-bond donors (Lipinski definition) is 1. The maximum absolute atomic E-state index is 13.0. The topological polar surface area (TPSA) is 46.3 Å². The van der Waals surface area contributed by atoms with Gasteiger partial charge < -0.3 is 5.73 Å². The van der Waals surface area contributed by atoms with Gasteiger partial charge in [0.05, 0.1) is 0 Å². The normalized spacial score (nSPS) is 12.4. The zero-order chi connectivity index (χ0) is 15.4. The van der Waals surface area contributed by atoms with Crippen LogP contribution in [0.2, 0.25) is 5.02 Å². The van der Waals surface area contributed by atoms with E-state index >= 15 is 0 Å². The van der Waals surface area contributed by atoms with Crippen molar-refractivity contribution in [1.29, 1.82) is 0 Å². The number of nitrogens with two attached hydrogens (primary N) is 1. The molecule has 3 nitrogen and oxygen atoms in total. The van der Waals surface area contributed by atoms with Gasteiger partial charge in [0, 0.05) is 11.6 Å². The third kappa shape index (κ3) is 4.03. The summed E-state index contributed by atoms with van der Waals surface area (Å²) in [4.78, 5) is 13.6. The number of carbonyl (C=O) groups is 1. The molecule has 2 aromatic carbocycles. The average molecular weight is 307 g/mol. The molecular formula is C16H16ClFN2O. The number of primary amides is 1. The summed E-state index contributed by atoms with van der Waals surface area (Å²) in [6.45, 7) is 0.505. The molecule has 0 aliphatic carbocycles. The molecule has 2 rings (SSSR count). The molecule has 2 aromatic rings. The second kappa shape index (κ2) is 6.70. The van der Waals surface area contributed by atoms with E-state index in [1.165, 1.54) is 12.1 Å². The third-order valence-electron chi connectivity index (χ3n) is 3.22. The highest BCUT2D eigenvalue weighted by Crippen LogP contribution is 2.22. The van der Waals surface area contributed by atoms with Crippen LogP contribution in [0.5, 0.6) is 0 Å². The van der Waals surface area contributed by atoms with Gasteiger partial charge in [-0.05, 0) is 42.4 Å². The van der Waals surface area contributed by atoms with Crippen molar-refractivity contribution in [2.24, 2.45) is 5.73 Å². The van der Waals surface area contributed by atoms with Gasteiger partial charge in [0.15, 0.2) is 0 Å². The van der Waals surface area contributed by atoms with Crippen LogP contribution in [0, 0.1) is 5.82 Å². The predicted molar refractivity (Wildman–Crippen MR) is 81.3 cm³/mol. The van der Waals surface area contributed by atoms with Gasteiger partial charge in [0.2, 0.25) is 5.91 Å². The Bertz CT molecular complexity index is 630. The smallest absolute Gasteiger partial charge is 0.239 e. The Kier molecular flexibility index (Phi) is 4.94. The van der Waals surface area contributed by atoms with Crippen LogP contribution in [-0.4, -0.2) is 17.9 Å². The molecule has 1 unspecified atom stereocenters. The molecule has 0 radical (unpaired) electrons. The fourth-order valence-electron chi connectivity index (χ4n) is 2.30. The fourth-order valence-corrected chi connectivity index (χ4v) is 2.51. The zero-order valence-electron chi connectivity index (χ0n) is 11.6. The Labute approximate surface area is 128 Å². The number of amides is 1. The van der Waals surface area contributed by atoms with E-state index in [-0.39, 0.29) is 5.82 Å². The highest BCUT2D eigenvalue weighted by molar-refractivity contribution is 6.30. The van der Waals surface area contributed by atoms with E-state index in [2.05, 4.69) is 0 Å². The summed E-state index contributed by atoms with van der Waals surface area (Å²) in [5.41, 5.74) is 7.12. The van der Waals surface area contributed by atoms with Crippen molar-refractivity contribution in [3.8, 4) is 0 Å². The summed E-state index contributed by atoms with van der Waals surface area (Å²) in [6.07, 6.45) is 0. The number of halogens is 2. The van der Waals surface area contributed by atoms with Crippen molar-refractivity contribution >= 4 is 17.5 Å². The number of benzene rings is 2. The van der Waals surface area contributed by atoms with Crippen LogP contribution in [0.4, 0.5) is 4.39 Å². The van der Waals surface area contributed by atoms with Gasteiger partial charge in [-0.15, -0.1) is 0 Å². The van der Waals surface area contributed by atoms with Gasteiger partial charge >= 0.3 is 0 Å². The van der Waals surface area contributed by atoms with Crippen LogP contribution in [0.25, 0.3) is 0 Å². The van der Waals surface area contributed by atoms with Gasteiger partial charge in [-0.25, -0.2) is 4.39 Å². The molecule has 0 bridgehead atoms. The van der Waals surface area contributed by atoms with Gasteiger partial charge in [-0.3, -0.25) is 9.69 Å². The van der Waals surface area contributed by atoms with Gasteiger partial charge in [0.25, 0.3) is 0 Å². The van der Waals surface area contributed by atoms with E-state index in [0.29, 0.717) is 17.1 Å². The lowest BCUT2D eigenvalue weighted by atomic mass is 10.0. The molecule has 1 amide bonds. The zero-order valence-corrected chi connectivity index (χ0v) is 12.3. The van der Waals surface area contributed by atoms with Crippen molar-refractivity contribution in [3.63, 3.8) is 0 Å². The molecule has 0 aromatic heterocycles. The minimum absolute atomic E-state index is 0.348. The summed E-state index contributed by atoms with van der Waals surface area (Å²) in [5.74, 6) is -0.828. The molecule has 2 N–H and O–H groups in total. The highest BCUT2D eigenvalue weighted by Gasteiger charge is 2.23. The number of nitrogens with zero attached hydrogens (tertiary/aromatic N) is 1. The average Bonchev–Trinajstić information content (AvgIpc) is 2.41. The maximum atomic E-state index is 13.0.